The number of carbonyl (C=O) groups is 1. The van der Waals surface area contributed by atoms with Crippen LogP contribution in [0.25, 0.3) is 5.69 Å². The molecule has 0 aliphatic heterocycles. The molecule has 1 aromatic carbocycles. The average Bonchev–Trinajstić information content (AvgIpc) is 2.82. The van der Waals surface area contributed by atoms with Gasteiger partial charge in [0.2, 0.25) is 5.91 Å². The van der Waals surface area contributed by atoms with Gasteiger partial charge in [-0.3, -0.25) is 4.79 Å². The molecule has 0 radical (unpaired) electrons. The lowest BCUT2D eigenvalue weighted by Crippen LogP contribution is -2.33. The maximum Gasteiger partial charge on any atom is 0.224 e. The van der Waals surface area contributed by atoms with E-state index in [-0.39, 0.29) is 11.4 Å². The number of rotatable bonds is 5. The molecule has 0 saturated carbocycles. The maximum absolute atomic E-state index is 11.9. The van der Waals surface area contributed by atoms with Crippen molar-refractivity contribution in [2.75, 3.05) is 5.32 Å². The van der Waals surface area contributed by atoms with Gasteiger partial charge in [-0.1, -0.05) is 6.07 Å². The zero-order valence-electron chi connectivity index (χ0n) is 12.5. The quantitative estimate of drug-likeness (QED) is 0.867. The molecular formula is C14H20N6O. The van der Waals surface area contributed by atoms with Crippen LogP contribution in [0, 0.1) is 6.92 Å². The third kappa shape index (κ3) is 4.35. The van der Waals surface area contributed by atoms with Gasteiger partial charge in [0.25, 0.3) is 0 Å². The highest BCUT2D eigenvalue weighted by atomic mass is 16.1. The van der Waals surface area contributed by atoms with Crippen LogP contribution in [-0.4, -0.2) is 31.7 Å². The Balaban J connectivity index is 2.05. The summed E-state index contributed by atoms with van der Waals surface area (Å²) in [6.07, 6.45) is 1.02. The van der Waals surface area contributed by atoms with E-state index in [0.29, 0.717) is 24.4 Å². The standard InChI is InChI=1S/C14H20N6O/c1-10-17-18-19-20(10)12-6-4-5-11(9-12)16-13(21)7-8-14(2,3)15/h4-6,9H,7-8,15H2,1-3H3,(H,16,21). The van der Waals surface area contributed by atoms with E-state index in [1.807, 2.05) is 45.0 Å². The number of aryl methyl sites for hydroxylation is 1. The smallest absolute Gasteiger partial charge is 0.224 e. The SMILES string of the molecule is Cc1nnnn1-c1cccc(NC(=O)CCC(C)(C)N)c1. The first kappa shape index (κ1) is 15.1. The lowest BCUT2D eigenvalue weighted by atomic mass is 10.00. The fourth-order valence-corrected chi connectivity index (χ4v) is 1.84. The molecule has 1 heterocycles. The number of amides is 1. The van der Waals surface area contributed by atoms with Crippen molar-refractivity contribution >= 4 is 11.6 Å². The second-order valence-corrected chi connectivity index (χ2v) is 5.72. The van der Waals surface area contributed by atoms with E-state index in [2.05, 4.69) is 20.8 Å². The Kier molecular flexibility index (Phi) is 4.32. The lowest BCUT2D eigenvalue weighted by molar-refractivity contribution is -0.116. The molecule has 0 aliphatic carbocycles. The summed E-state index contributed by atoms with van der Waals surface area (Å²) in [7, 11) is 0. The van der Waals surface area contributed by atoms with Gasteiger partial charge in [-0.25, -0.2) is 0 Å². The van der Waals surface area contributed by atoms with Crippen LogP contribution in [-0.2, 0) is 4.79 Å². The molecule has 7 heteroatoms. The Labute approximate surface area is 123 Å². The molecule has 2 rings (SSSR count). The highest BCUT2D eigenvalue weighted by Gasteiger charge is 2.13. The lowest BCUT2D eigenvalue weighted by Gasteiger charge is -2.17. The Morgan fingerprint density at radius 2 is 2.19 bits per heavy atom. The van der Waals surface area contributed by atoms with Crippen LogP contribution in [0.2, 0.25) is 0 Å². The molecule has 2 aromatic rings. The first-order valence-electron chi connectivity index (χ1n) is 6.79. The largest absolute Gasteiger partial charge is 0.326 e. The number of nitrogens with two attached hydrogens (primary N) is 1. The van der Waals surface area contributed by atoms with Crippen molar-refractivity contribution in [2.24, 2.45) is 5.73 Å². The third-order valence-corrected chi connectivity index (χ3v) is 3.00. The highest BCUT2D eigenvalue weighted by Crippen LogP contribution is 2.15. The Hall–Kier alpha value is -2.28. The molecule has 0 unspecified atom stereocenters. The molecule has 0 fully saturated rings. The first-order valence-corrected chi connectivity index (χ1v) is 6.79. The van der Waals surface area contributed by atoms with E-state index >= 15 is 0 Å². The van der Waals surface area contributed by atoms with Crippen molar-refractivity contribution in [1.29, 1.82) is 0 Å². The van der Waals surface area contributed by atoms with E-state index < -0.39 is 0 Å². The van der Waals surface area contributed by atoms with Crippen LogP contribution < -0.4 is 11.1 Å². The number of benzene rings is 1. The topological polar surface area (TPSA) is 98.7 Å². The number of hydrogen-bond acceptors (Lipinski definition) is 5. The van der Waals surface area contributed by atoms with Gasteiger partial charge in [0.05, 0.1) is 5.69 Å². The van der Waals surface area contributed by atoms with Gasteiger partial charge in [-0.15, -0.1) is 5.10 Å². The minimum atomic E-state index is -0.345. The van der Waals surface area contributed by atoms with Gasteiger partial charge in [-0.2, -0.15) is 4.68 Å². The summed E-state index contributed by atoms with van der Waals surface area (Å²) in [5.74, 6) is 0.627. The molecule has 1 aromatic heterocycles. The molecule has 112 valence electrons. The molecule has 0 aliphatic rings. The molecule has 0 saturated heterocycles. The number of nitrogens with one attached hydrogen (secondary N) is 1. The minimum Gasteiger partial charge on any atom is -0.326 e. The van der Waals surface area contributed by atoms with Crippen LogP contribution in [0.1, 0.15) is 32.5 Å². The molecule has 21 heavy (non-hydrogen) atoms. The number of carbonyl (C=O) groups excluding carboxylic acids is 1. The molecule has 1 amide bonds. The van der Waals surface area contributed by atoms with Crippen molar-refractivity contribution in [3.05, 3.63) is 30.1 Å². The Morgan fingerprint density at radius 1 is 1.43 bits per heavy atom. The number of tetrazole rings is 1. The van der Waals surface area contributed by atoms with Crippen molar-refractivity contribution in [1.82, 2.24) is 20.2 Å². The van der Waals surface area contributed by atoms with E-state index in [1.165, 1.54) is 0 Å². The van der Waals surface area contributed by atoms with Gasteiger partial charge in [0.1, 0.15) is 0 Å². The van der Waals surface area contributed by atoms with Crippen molar-refractivity contribution in [2.45, 2.75) is 39.2 Å². The monoisotopic (exact) mass is 288 g/mol. The second-order valence-electron chi connectivity index (χ2n) is 5.72. The molecular weight excluding hydrogens is 268 g/mol. The van der Waals surface area contributed by atoms with Crippen LogP contribution >= 0.6 is 0 Å². The molecule has 0 bridgehead atoms. The van der Waals surface area contributed by atoms with Gasteiger partial charge in [0.15, 0.2) is 5.82 Å². The van der Waals surface area contributed by atoms with Crippen LogP contribution in [0.15, 0.2) is 24.3 Å². The Bertz CT molecular complexity index is 628. The molecule has 7 nitrogen and oxygen atoms in total. The number of aromatic nitrogens is 4. The van der Waals surface area contributed by atoms with E-state index in [1.54, 1.807) is 4.68 Å². The van der Waals surface area contributed by atoms with Crippen molar-refractivity contribution in [3.63, 3.8) is 0 Å². The van der Waals surface area contributed by atoms with Gasteiger partial charge in [0, 0.05) is 17.6 Å². The average molecular weight is 288 g/mol. The van der Waals surface area contributed by atoms with Crippen LogP contribution in [0.4, 0.5) is 5.69 Å². The van der Waals surface area contributed by atoms with Crippen LogP contribution in [0.3, 0.4) is 0 Å². The van der Waals surface area contributed by atoms with E-state index in [9.17, 15) is 4.79 Å². The maximum atomic E-state index is 11.9. The fourth-order valence-electron chi connectivity index (χ4n) is 1.84. The molecule has 0 atom stereocenters. The number of hydrogen-bond donors (Lipinski definition) is 2. The van der Waals surface area contributed by atoms with Gasteiger partial charge < -0.3 is 11.1 Å². The predicted octanol–water partition coefficient (Wildman–Crippen LogP) is 1.43. The summed E-state index contributed by atoms with van der Waals surface area (Å²) in [6, 6.07) is 7.38. The molecule has 3 N–H and O–H groups in total. The zero-order chi connectivity index (χ0) is 15.5. The third-order valence-electron chi connectivity index (χ3n) is 3.00. The van der Waals surface area contributed by atoms with Crippen molar-refractivity contribution in [3.8, 4) is 5.69 Å². The Morgan fingerprint density at radius 3 is 2.81 bits per heavy atom. The minimum absolute atomic E-state index is 0.0564. The molecule has 0 spiro atoms. The number of nitrogens with zero attached hydrogens (tertiary/aromatic N) is 4. The van der Waals surface area contributed by atoms with Gasteiger partial charge in [-0.05, 0) is 55.8 Å². The van der Waals surface area contributed by atoms with Crippen LogP contribution in [0.5, 0.6) is 0 Å². The van der Waals surface area contributed by atoms with Crippen molar-refractivity contribution < 1.29 is 4.79 Å². The first-order chi connectivity index (χ1) is 9.85. The highest BCUT2D eigenvalue weighted by molar-refractivity contribution is 5.91. The number of anilines is 1. The predicted molar refractivity (Wildman–Crippen MR) is 80.0 cm³/mol. The van der Waals surface area contributed by atoms with E-state index in [4.69, 9.17) is 5.73 Å². The normalized spacial score (nSPS) is 11.4. The fraction of sp³-hybridized carbons (Fsp3) is 0.429. The van der Waals surface area contributed by atoms with Gasteiger partial charge >= 0.3 is 0 Å². The summed E-state index contributed by atoms with van der Waals surface area (Å²) in [5, 5.41) is 14.2. The summed E-state index contributed by atoms with van der Waals surface area (Å²) in [6.45, 7) is 5.62. The zero-order valence-corrected chi connectivity index (χ0v) is 12.5. The summed E-state index contributed by atoms with van der Waals surface area (Å²) >= 11 is 0. The van der Waals surface area contributed by atoms with E-state index in [0.717, 1.165) is 5.69 Å². The summed E-state index contributed by atoms with van der Waals surface area (Å²) in [5.41, 5.74) is 7.04. The summed E-state index contributed by atoms with van der Waals surface area (Å²) < 4.78 is 1.61. The second kappa shape index (κ2) is 6.01. The summed E-state index contributed by atoms with van der Waals surface area (Å²) in [4.78, 5) is 11.9.